The summed E-state index contributed by atoms with van der Waals surface area (Å²) < 4.78 is 2.35. The van der Waals surface area contributed by atoms with E-state index >= 15 is 0 Å². The molecule has 12 aromatic carbocycles. The fourth-order valence-corrected chi connectivity index (χ4v) is 31.4. The number of rotatable bonds is 19. The predicted molar refractivity (Wildman–Crippen MR) is 481 cm³/mol. The van der Waals surface area contributed by atoms with E-state index in [-0.39, 0.29) is 0 Å². The van der Waals surface area contributed by atoms with Crippen molar-refractivity contribution < 1.29 is 0 Å². The van der Waals surface area contributed by atoms with Gasteiger partial charge in [0.1, 0.15) is 16.1 Å². The van der Waals surface area contributed by atoms with Crippen LogP contribution in [0, 0.1) is 55.4 Å². The molecule has 0 atom stereocenters. The molecule has 0 bridgehead atoms. The number of thiophene rings is 2. The Morgan fingerprint density at radius 2 is 0.664 bits per heavy atom. The molecule has 0 saturated carbocycles. The molecule has 0 aliphatic carbocycles. The number of allylic oxidation sites excluding steroid dienone is 4. The van der Waals surface area contributed by atoms with Gasteiger partial charge in [-0.05, 0) is 237 Å². The summed E-state index contributed by atoms with van der Waals surface area (Å²) in [4.78, 5) is 5.83. The molecular weight excluding hydrogens is 1360 g/mol. The average Bonchev–Trinajstić information content (AvgIpc) is 1.65. The van der Waals surface area contributed by atoms with E-state index in [9.17, 15) is 0 Å². The van der Waals surface area contributed by atoms with Crippen LogP contribution >= 0.6 is 22.7 Å². The minimum Gasteiger partial charge on any atom is -0.309 e. The van der Waals surface area contributed by atoms with Crippen LogP contribution in [0.15, 0.2) is 272 Å². The van der Waals surface area contributed by atoms with Crippen LogP contribution in [0.25, 0.3) is 103 Å². The molecule has 0 radical (unpaired) electrons. The molecule has 107 heavy (non-hydrogen) atoms. The van der Waals surface area contributed by atoms with Crippen molar-refractivity contribution in [1.82, 2.24) is 4.57 Å². The minimum atomic E-state index is -2.10. The highest BCUT2D eigenvalue weighted by atomic mass is 32.1. The van der Waals surface area contributed by atoms with Crippen molar-refractivity contribution >= 4 is 136 Å². The molecule has 0 spiro atoms. The Bertz CT molecular complexity index is 5440. The molecule has 5 heterocycles. The van der Waals surface area contributed by atoms with E-state index in [0.717, 1.165) is 0 Å². The molecule has 2 aliphatic rings. The van der Waals surface area contributed by atoms with Gasteiger partial charge in [-0.2, -0.15) is 0 Å². The smallest absolute Gasteiger partial charge is 0.123 e. The molecule has 0 fully saturated rings. The molecule has 5 heteroatoms. The number of benzene rings is 12. The van der Waals surface area contributed by atoms with Gasteiger partial charge in [-0.3, -0.25) is 0 Å². The van der Waals surface area contributed by atoms with E-state index in [1.165, 1.54) is 244 Å². The van der Waals surface area contributed by atoms with Crippen LogP contribution in [0.3, 0.4) is 0 Å². The van der Waals surface area contributed by atoms with Crippen LogP contribution in [0.4, 0.5) is 0 Å². The normalized spacial score (nSPS) is 13.9. The zero-order chi connectivity index (χ0) is 74.3. The fourth-order valence-electron chi connectivity index (χ4n) is 17.5. The standard InChI is InChI=1S/C34H38S2Si.C26H34Si.C22H16.C20H17N/c1-5-7-23-37(24-8-6-2)33(29-21-19-25(3)35-29)31(27-15-11-9-12-16-27)32(28-17-13-10-14-18-28)34(37)30-22-20-26(4)36-30;1-5-7-15-27(16-8-6-2)19-25(23-13-9-11-21(3)17-23)26(20-27)24-14-10-12-22(4)18-24;1-13-9-11-19-18-8-4-6-16-14(2)10-12-20(22(16)18)17-7-3-5-15(13)21(17)19;1-14-8-10-19-17(12-14)18-13-15(2)9-11-20(18)21(19)16-6-4-3-5-7-16/h9-22H,5-8,23-24H2,1-4H3;9-14,17-20H,5-8,15-16H2,1-4H3;3-12H,1-2H3;3-13H,1-2H3. The SMILES string of the molecule is CCCC[Si]1(CCCC)C(c2ccc(C)s2)=C(c2ccccc2)C(c2ccccc2)=C1c1ccc(C)s1.CCCC[Si]1(CCCC)C=C(c2cccc(C)c2)C(c2cccc(C)c2)=C1.Cc1ccc2c(c1)c1cc(C)ccc1n2-c1ccccc1.Cc1ccc2c3cccc4c(C)ccc(c5cccc1c52)c43. The number of hydrogen-bond donors (Lipinski definition) is 0. The Morgan fingerprint density at radius 3 is 1.06 bits per heavy atom. The molecule has 0 amide bonds. The van der Waals surface area contributed by atoms with E-state index in [0.29, 0.717) is 0 Å². The third-order valence-corrected chi connectivity index (χ3v) is 34.8. The van der Waals surface area contributed by atoms with Gasteiger partial charge >= 0.3 is 0 Å². The topological polar surface area (TPSA) is 4.93 Å². The van der Waals surface area contributed by atoms with Crippen molar-refractivity contribution in [2.24, 2.45) is 0 Å². The minimum absolute atomic E-state index is 1.21. The Labute approximate surface area is 647 Å². The van der Waals surface area contributed by atoms with E-state index in [1.807, 2.05) is 22.7 Å². The lowest BCUT2D eigenvalue weighted by molar-refractivity contribution is 0.837. The summed E-state index contributed by atoms with van der Waals surface area (Å²) in [5.41, 5.74) is 28.8. The number of fused-ring (bicyclic) bond motifs is 5. The fraction of sp³-hybridized carbons (Fsp3) is 0.235. The van der Waals surface area contributed by atoms with Gasteiger partial charge < -0.3 is 4.57 Å². The van der Waals surface area contributed by atoms with Crippen molar-refractivity contribution in [3.05, 3.63) is 347 Å². The first-order chi connectivity index (χ1) is 52.1. The van der Waals surface area contributed by atoms with E-state index in [4.69, 9.17) is 0 Å². The highest BCUT2D eigenvalue weighted by molar-refractivity contribution is 7.24. The highest BCUT2D eigenvalue weighted by Gasteiger charge is 2.50. The maximum Gasteiger partial charge on any atom is 0.123 e. The molecule has 538 valence electrons. The molecule has 2 aliphatic heterocycles. The van der Waals surface area contributed by atoms with Crippen molar-refractivity contribution in [2.45, 2.75) is 159 Å². The van der Waals surface area contributed by atoms with Gasteiger partial charge in [0, 0.05) is 36.0 Å². The van der Waals surface area contributed by atoms with Crippen LogP contribution in [-0.4, -0.2) is 20.7 Å². The lowest BCUT2D eigenvalue weighted by Gasteiger charge is -2.34. The van der Waals surface area contributed by atoms with Crippen LogP contribution in [0.2, 0.25) is 24.2 Å². The summed E-state index contributed by atoms with van der Waals surface area (Å²) >= 11 is 4.01. The van der Waals surface area contributed by atoms with E-state index in [2.05, 4.69) is 360 Å². The second-order valence-corrected chi connectivity index (χ2v) is 41.4. The number of hydrogen-bond acceptors (Lipinski definition) is 2. The van der Waals surface area contributed by atoms with Crippen LogP contribution in [-0.2, 0) is 0 Å². The number of para-hydroxylation sites is 1. The van der Waals surface area contributed by atoms with Gasteiger partial charge in [-0.25, -0.2) is 0 Å². The van der Waals surface area contributed by atoms with Crippen molar-refractivity contribution in [2.75, 3.05) is 0 Å². The van der Waals surface area contributed by atoms with Gasteiger partial charge in [-0.15, -0.1) is 22.7 Å². The molecule has 17 rings (SSSR count). The quantitative estimate of drug-likeness (QED) is 0.0432. The number of nitrogens with zero attached hydrogens (tertiary/aromatic N) is 1. The van der Waals surface area contributed by atoms with Crippen molar-refractivity contribution in [1.29, 1.82) is 0 Å². The van der Waals surface area contributed by atoms with E-state index in [1.54, 1.807) is 10.4 Å². The van der Waals surface area contributed by atoms with E-state index < -0.39 is 16.1 Å². The van der Waals surface area contributed by atoms with Gasteiger partial charge in [0.15, 0.2) is 0 Å². The van der Waals surface area contributed by atoms with Crippen LogP contribution < -0.4 is 0 Å². The molecule has 0 saturated heterocycles. The second kappa shape index (κ2) is 32.9. The average molecular weight is 1470 g/mol. The van der Waals surface area contributed by atoms with Gasteiger partial charge in [0.05, 0.1) is 11.0 Å². The Balaban J connectivity index is 0.000000123. The highest BCUT2D eigenvalue weighted by Crippen LogP contribution is 2.61. The molecular formula is C102H105NS2Si2. The Hall–Kier alpha value is -9.47. The summed E-state index contributed by atoms with van der Waals surface area (Å²) in [7, 11) is -3.62. The monoisotopic (exact) mass is 1460 g/mol. The van der Waals surface area contributed by atoms with Crippen LogP contribution in [0.5, 0.6) is 0 Å². The molecule has 0 unspecified atom stereocenters. The largest absolute Gasteiger partial charge is 0.309 e. The van der Waals surface area contributed by atoms with Gasteiger partial charge in [0.2, 0.25) is 0 Å². The van der Waals surface area contributed by atoms with Gasteiger partial charge in [0.25, 0.3) is 0 Å². The molecule has 0 N–H and O–H groups in total. The third-order valence-electron chi connectivity index (χ3n) is 22.7. The summed E-state index contributed by atoms with van der Waals surface area (Å²) in [6.07, 6.45) is 10.4. The first kappa shape index (κ1) is 74.4. The molecule has 3 aromatic heterocycles. The summed E-state index contributed by atoms with van der Waals surface area (Å²) in [5.74, 6) is 0. The third kappa shape index (κ3) is 15.2. The maximum absolute atomic E-state index is 2.74. The molecule has 1 nitrogen and oxygen atoms in total. The van der Waals surface area contributed by atoms with Crippen LogP contribution in [0.1, 0.15) is 154 Å². The predicted octanol–water partition coefficient (Wildman–Crippen LogP) is 30.8. The Morgan fingerprint density at radius 1 is 0.299 bits per heavy atom. The number of aryl methyl sites for hydroxylation is 8. The maximum atomic E-state index is 2.74. The zero-order valence-corrected chi connectivity index (χ0v) is 68.9. The number of aromatic nitrogens is 1. The lowest BCUT2D eigenvalue weighted by Crippen LogP contribution is -2.36. The van der Waals surface area contributed by atoms with Crippen molar-refractivity contribution in [3.8, 4) is 5.69 Å². The summed E-state index contributed by atoms with van der Waals surface area (Å²) in [6, 6.07) is 102. The van der Waals surface area contributed by atoms with Crippen molar-refractivity contribution in [3.63, 3.8) is 0 Å². The lowest BCUT2D eigenvalue weighted by atomic mass is 9.87. The van der Waals surface area contributed by atoms with Gasteiger partial charge in [-0.1, -0.05) is 325 Å². The molecule has 15 aromatic rings. The Kier molecular flexibility index (Phi) is 22.9. The summed E-state index contributed by atoms with van der Waals surface area (Å²) in [5, 5.41) is 17.1. The second-order valence-electron chi connectivity index (χ2n) is 30.7. The first-order valence-electron chi connectivity index (χ1n) is 39.6. The first-order valence-corrected chi connectivity index (χ1v) is 46.2. The zero-order valence-electron chi connectivity index (χ0n) is 65.2. The number of unbranched alkanes of at least 4 members (excludes halogenated alkanes) is 4. The summed E-state index contributed by atoms with van der Waals surface area (Å²) in [6.45, 7) is 27.0.